The standard InChI is InChI=1S/C23H29N5O3/c1-14(22(30)27-11-15-5-7-17(8-6-15)21(24)25)28-23(31)20-10-19(12-26-20)18-4-2-3-16(9-18)13-29/h2-9,14,19-20,26,29H,10-13H2,1H3,(H3,24,25)(H,27,30)(H,28,31)/t14-,19-,20+/m0/s1. The lowest BCUT2D eigenvalue weighted by atomic mass is 9.94. The number of nitrogens with one attached hydrogen (secondary N) is 4. The van der Waals surface area contributed by atoms with Gasteiger partial charge in [-0.05, 0) is 36.0 Å². The summed E-state index contributed by atoms with van der Waals surface area (Å²) in [6.45, 7) is 2.64. The lowest BCUT2D eigenvalue weighted by Gasteiger charge is -2.17. The number of aliphatic hydroxyl groups excluding tert-OH is 1. The predicted molar refractivity (Wildman–Crippen MR) is 118 cm³/mol. The zero-order chi connectivity index (χ0) is 22.4. The van der Waals surface area contributed by atoms with Crippen LogP contribution >= 0.6 is 0 Å². The second kappa shape index (κ2) is 10.2. The van der Waals surface area contributed by atoms with E-state index in [1.54, 1.807) is 31.2 Å². The molecule has 1 saturated heterocycles. The first-order chi connectivity index (χ1) is 14.9. The summed E-state index contributed by atoms with van der Waals surface area (Å²) in [6.07, 6.45) is 0.636. The number of amidine groups is 1. The van der Waals surface area contributed by atoms with Crippen LogP contribution in [0, 0.1) is 5.41 Å². The summed E-state index contributed by atoms with van der Waals surface area (Å²) in [4.78, 5) is 25.0. The molecule has 0 radical (unpaired) electrons. The first-order valence-corrected chi connectivity index (χ1v) is 10.3. The molecule has 0 spiro atoms. The molecule has 1 fully saturated rings. The molecule has 7 N–H and O–H groups in total. The van der Waals surface area contributed by atoms with E-state index in [-0.39, 0.29) is 36.2 Å². The largest absolute Gasteiger partial charge is 0.392 e. The molecule has 0 aromatic heterocycles. The van der Waals surface area contributed by atoms with Crippen LogP contribution in [0.1, 0.15) is 41.5 Å². The number of aliphatic hydroxyl groups is 1. The van der Waals surface area contributed by atoms with E-state index < -0.39 is 6.04 Å². The van der Waals surface area contributed by atoms with Crippen molar-refractivity contribution in [2.75, 3.05) is 6.54 Å². The van der Waals surface area contributed by atoms with E-state index in [0.717, 1.165) is 16.7 Å². The van der Waals surface area contributed by atoms with Crippen molar-refractivity contribution in [3.63, 3.8) is 0 Å². The quantitative estimate of drug-likeness (QED) is 0.274. The van der Waals surface area contributed by atoms with Crippen molar-refractivity contribution < 1.29 is 14.7 Å². The fourth-order valence-electron chi connectivity index (χ4n) is 3.66. The summed E-state index contributed by atoms with van der Waals surface area (Å²) < 4.78 is 0. The molecule has 8 heteroatoms. The van der Waals surface area contributed by atoms with Crippen LogP contribution in [0.15, 0.2) is 48.5 Å². The molecular formula is C23H29N5O3. The fraction of sp³-hybridized carbons (Fsp3) is 0.348. The first kappa shape index (κ1) is 22.5. The van der Waals surface area contributed by atoms with Gasteiger partial charge < -0.3 is 26.8 Å². The molecule has 8 nitrogen and oxygen atoms in total. The molecule has 1 heterocycles. The molecule has 3 atom stereocenters. The van der Waals surface area contributed by atoms with Gasteiger partial charge >= 0.3 is 0 Å². The summed E-state index contributed by atoms with van der Waals surface area (Å²) in [7, 11) is 0. The highest BCUT2D eigenvalue weighted by Gasteiger charge is 2.31. The fourth-order valence-corrected chi connectivity index (χ4v) is 3.66. The Labute approximate surface area is 181 Å². The van der Waals surface area contributed by atoms with Gasteiger partial charge in [0.1, 0.15) is 11.9 Å². The van der Waals surface area contributed by atoms with Crippen molar-refractivity contribution in [3.05, 3.63) is 70.8 Å². The number of hydrogen-bond donors (Lipinski definition) is 6. The molecule has 1 aliphatic rings. The second-order valence-electron chi connectivity index (χ2n) is 7.86. The zero-order valence-corrected chi connectivity index (χ0v) is 17.5. The molecule has 164 valence electrons. The number of benzene rings is 2. The van der Waals surface area contributed by atoms with Crippen molar-refractivity contribution in [2.45, 2.75) is 44.5 Å². The van der Waals surface area contributed by atoms with Gasteiger partial charge in [-0.1, -0.05) is 48.5 Å². The molecular weight excluding hydrogens is 394 g/mol. The molecule has 0 aliphatic carbocycles. The van der Waals surface area contributed by atoms with Crippen LogP contribution in [0.4, 0.5) is 0 Å². The maximum Gasteiger partial charge on any atom is 0.242 e. The van der Waals surface area contributed by atoms with Gasteiger partial charge in [-0.3, -0.25) is 15.0 Å². The van der Waals surface area contributed by atoms with E-state index in [4.69, 9.17) is 11.1 Å². The number of nitrogen functional groups attached to an aromatic ring is 1. The van der Waals surface area contributed by atoms with Crippen LogP contribution in [0.3, 0.4) is 0 Å². The van der Waals surface area contributed by atoms with Crippen LogP contribution in [0.25, 0.3) is 0 Å². The third-order valence-corrected chi connectivity index (χ3v) is 5.54. The molecule has 3 rings (SSSR count). The number of carbonyl (C=O) groups excluding carboxylic acids is 2. The Bertz CT molecular complexity index is 944. The topological polar surface area (TPSA) is 140 Å². The minimum Gasteiger partial charge on any atom is -0.392 e. The summed E-state index contributed by atoms with van der Waals surface area (Å²) in [5.41, 5.74) is 8.89. The molecule has 0 saturated carbocycles. The van der Waals surface area contributed by atoms with E-state index in [0.29, 0.717) is 25.1 Å². The van der Waals surface area contributed by atoms with Gasteiger partial charge in [0.15, 0.2) is 0 Å². The van der Waals surface area contributed by atoms with Crippen LogP contribution in [-0.4, -0.2) is 41.4 Å². The van der Waals surface area contributed by atoms with Gasteiger partial charge in [0, 0.05) is 18.7 Å². The normalized spacial score (nSPS) is 18.9. The second-order valence-corrected chi connectivity index (χ2v) is 7.86. The number of nitrogens with two attached hydrogens (primary N) is 1. The van der Waals surface area contributed by atoms with Gasteiger partial charge in [-0.15, -0.1) is 0 Å². The average molecular weight is 424 g/mol. The van der Waals surface area contributed by atoms with Gasteiger partial charge in [-0.25, -0.2) is 0 Å². The van der Waals surface area contributed by atoms with Crippen LogP contribution in [-0.2, 0) is 22.7 Å². The van der Waals surface area contributed by atoms with E-state index in [1.165, 1.54) is 0 Å². The van der Waals surface area contributed by atoms with Gasteiger partial charge in [0.2, 0.25) is 11.8 Å². The molecule has 2 aromatic rings. The monoisotopic (exact) mass is 423 g/mol. The Kier molecular flexibility index (Phi) is 7.38. The summed E-state index contributed by atoms with van der Waals surface area (Å²) in [5.74, 6) is -0.288. The third kappa shape index (κ3) is 5.90. The maximum absolute atomic E-state index is 12.6. The number of carbonyl (C=O) groups is 2. The highest BCUT2D eigenvalue weighted by Crippen LogP contribution is 2.26. The van der Waals surface area contributed by atoms with Gasteiger partial charge in [0.25, 0.3) is 0 Å². The minimum atomic E-state index is -0.664. The van der Waals surface area contributed by atoms with Crippen LogP contribution < -0.4 is 21.7 Å². The molecule has 31 heavy (non-hydrogen) atoms. The highest BCUT2D eigenvalue weighted by molar-refractivity contribution is 5.95. The molecule has 0 unspecified atom stereocenters. The maximum atomic E-state index is 12.6. The summed E-state index contributed by atoms with van der Waals surface area (Å²) in [6, 6.07) is 13.8. The Morgan fingerprint density at radius 2 is 1.97 bits per heavy atom. The van der Waals surface area contributed by atoms with Crippen LogP contribution in [0.2, 0.25) is 0 Å². The summed E-state index contributed by atoms with van der Waals surface area (Å²) >= 11 is 0. The molecule has 1 aliphatic heterocycles. The summed E-state index contributed by atoms with van der Waals surface area (Å²) in [5, 5.41) is 25.5. The van der Waals surface area contributed by atoms with E-state index in [9.17, 15) is 14.7 Å². The van der Waals surface area contributed by atoms with E-state index in [2.05, 4.69) is 16.0 Å². The van der Waals surface area contributed by atoms with Crippen molar-refractivity contribution in [2.24, 2.45) is 5.73 Å². The lowest BCUT2D eigenvalue weighted by molar-refractivity contribution is -0.129. The molecule has 2 aromatic carbocycles. The predicted octanol–water partition coefficient (Wildman–Crippen LogP) is 0.730. The lowest BCUT2D eigenvalue weighted by Crippen LogP contribution is -2.49. The smallest absolute Gasteiger partial charge is 0.242 e. The van der Waals surface area contributed by atoms with E-state index >= 15 is 0 Å². The Hall–Kier alpha value is -3.23. The van der Waals surface area contributed by atoms with Crippen molar-refractivity contribution in [1.82, 2.24) is 16.0 Å². The molecule has 0 bridgehead atoms. The Morgan fingerprint density at radius 1 is 1.23 bits per heavy atom. The SMILES string of the molecule is C[C@H](NC(=O)[C@H]1C[C@H](c2cccc(CO)c2)CN1)C(=O)NCc1ccc(C(=N)N)cc1. The van der Waals surface area contributed by atoms with Crippen molar-refractivity contribution in [3.8, 4) is 0 Å². The molecule has 2 amide bonds. The van der Waals surface area contributed by atoms with Crippen molar-refractivity contribution >= 4 is 17.6 Å². The minimum absolute atomic E-state index is 0.00390. The van der Waals surface area contributed by atoms with E-state index in [1.807, 2.05) is 24.3 Å². The van der Waals surface area contributed by atoms with Crippen LogP contribution in [0.5, 0.6) is 0 Å². The average Bonchev–Trinajstić information content (AvgIpc) is 3.28. The Balaban J connectivity index is 1.47. The number of hydrogen-bond acceptors (Lipinski definition) is 5. The third-order valence-electron chi connectivity index (χ3n) is 5.54. The number of rotatable bonds is 8. The Morgan fingerprint density at radius 3 is 2.65 bits per heavy atom. The first-order valence-electron chi connectivity index (χ1n) is 10.3. The highest BCUT2D eigenvalue weighted by atomic mass is 16.3. The zero-order valence-electron chi connectivity index (χ0n) is 17.5. The van der Waals surface area contributed by atoms with Gasteiger partial charge in [0.05, 0.1) is 12.6 Å². The van der Waals surface area contributed by atoms with Gasteiger partial charge in [-0.2, -0.15) is 0 Å². The number of amides is 2. The van der Waals surface area contributed by atoms with Crippen molar-refractivity contribution in [1.29, 1.82) is 5.41 Å².